The highest BCUT2D eigenvalue weighted by molar-refractivity contribution is 7.15. The zero-order valence-corrected chi connectivity index (χ0v) is 11.2. The van der Waals surface area contributed by atoms with Crippen LogP contribution in [-0.2, 0) is 4.74 Å². The van der Waals surface area contributed by atoms with E-state index in [1.54, 1.807) is 6.07 Å². The summed E-state index contributed by atoms with van der Waals surface area (Å²) in [5.74, 6) is -0.481. The van der Waals surface area contributed by atoms with E-state index in [9.17, 15) is 9.59 Å². The van der Waals surface area contributed by atoms with Crippen LogP contribution in [0.15, 0.2) is 12.1 Å². The van der Waals surface area contributed by atoms with Gasteiger partial charge in [-0.1, -0.05) is 0 Å². The van der Waals surface area contributed by atoms with E-state index in [0.29, 0.717) is 30.6 Å². The minimum atomic E-state index is -0.982. The van der Waals surface area contributed by atoms with Crippen LogP contribution in [0.4, 0.5) is 0 Å². The first-order valence-corrected chi connectivity index (χ1v) is 7.20. The Hall–Kier alpha value is -1.40. The second kappa shape index (κ2) is 4.94. The van der Waals surface area contributed by atoms with Crippen LogP contribution in [0, 0.1) is 5.92 Å². The quantitative estimate of drug-likeness (QED) is 0.915. The lowest BCUT2D eigenvalue weighted by atomic mass is 10.1. The molecule has 2 aliphatic rings. The van der Waals surface area contributed by atoms with E-state index in [0.717, 1.165) is 24.2 Å². The number of hydrogen-bond acceptors (Lipinski definition) is 4. The smallest absolute Gasteiger partial charge is 0.345 e. The summed E-state index contributed by atoms with van der Waals surface area (Å²) in [7, 11) is 0. The molecule has 0 spiro atoms. The summed E-state index contributed by atoms with van der Waals surface area (Å²) >= 11 is 1.05. The first kappa shape index (κ1) is 12.6. The van der Waals surface area contributed by atoms with Gasteiger partial charge in [-0.05, 0) is 30.9 Å². The number of morpholine rings is 1. The highest BCUT2D eigenvalue weighted by atomic mass is 32.1. The van der Waals surface area contributed by atoms with Gasteiger partial charge in [-0.2, -0.15) is 0 Å². The number of thiophene rings is 1. The SMILES string of the molecule is O=C(O)c1ccc(C(=O)N2CCOCC2C2CC2)s1. The van der Waals surface area contributed by atoms with Crippen molar-refractivity contribution < 1.29 is 19.4 Å². The van der Waals surface area contributed by atoms with Crippen LogP contribution in [0.1, 0.15) is 32.2 Å². The fourth-order valence-electron chi connectivity index (χ4n) is 2.46. The molecule has 0 radical (unpaired) electrons. The monoisotopic (exact) mass is 281 g/mol. The fraction of sp³-hybridized carbons (Fsp3) is 0.538. The Balaban J connectivity index is 1.78. The Kier molecular flexibility index (Phi) is 3.28. The molecule has 2 fully saturated rings. The molecule has 0 aromatic carbocycles. The van der Waals surface area contributed by atoms with Gasteiger partial charge in [0.15, 0.2) is 0 Å². The second-order valence-corrected chi connectivity index (χ2v) is 6.03. The Morgan fingerprint density at radius 1 is 1.32 bits per heavy atom. The molecule has 5 nitrogen and oxygen atoms in total. The van der Waals surface area contributed by atoms with Gasteiger partial charge in [-0.25, -0.2) is 4.79 Å². The van der Waals surface area contributed by atoms with Crippen molar-refractivity contribution in [3.05, 3.63) is 21.9 Å². The lowest BCUT2D eigenvalue weighted by molar-refractivity contribution is -0.00809. The Morgan fingerprint density at radius 3 is 2.68 bits per heavy atom. The van der Waals surface area contributed by atoms with E-state index in [-0.39, 0.29) is 16.8 Å². The molecule has 6 heteroatoms. The van der Waals surface area contributed by atoms with Crippen LogP contribution < -0.4 is 0 Å². The third kappa shape index (κ3) is 2.50. The van der Waals surface area contributed by atoms with E-state index in [4.69, 9.17) is 9.84 Å². The molecule has 1 unspecified atom stereocenters. The van der Waals surface area contributed by atoms with Crippen molar-refractivity contribution in [1.29, 1.82) is 0 Å². The molecule has 3 rings (SSSR count). The summed E-state index contributed by atoms with van der Waals surface area (Å²) in [5.41, 5.74) is 0. The van der Waals surface area contributed by atoms with Gasteiger partial charge in [-0.15, -0.1) is 11.3 Å². The molecule has 2 heterocycles. The Bertz CT molecular complexity index is 508. The molecule has 19 heavy (non-hydrogen) atoms. The van der Waals surface area contributed by atoms with Crippen LogP contribution in [0.25, 0.3) is 0 Å². The zero-order valence-electron chi connectivity index (χ0n) is 10.4. The largest absolute Gasteiger partial charge is 0.477 e. The van der Waals surface area contributed by atoms with Crippen molar-refractivity contribution in [2.45, 2.75) is 18.9 Å². The number of nitrogens with zero attached hydrogens (tertiary/aromatic N) is 1. The van der Waals surface area contributed by atoms with E-state index >= 15 is 0 Å². The molecule has 1 aliphatic carbocycles. The number of carboxylic acids is 1. The fourth-order valence-corrected chi connectivity index (χ4v) is 3.26. The van der Waals surface area contributed by atoms with Gasteiger partial charge in [0.05, 0.1) is 24.1 Å². The number of carbonyl (C=O) groups excluding carboxylic acids is 1. The summed E-state index contributed by atoms with van der Waals surface area (Å²) in [5, 5.41) is 8.91. The second-order valence-electron chi connectivity index (χ2n) is 4.95. The van der Waals surface area contributed by atoms with Crippen molar-refractivity contribution in [3.8, 4) is 0 Å². The number of hydrogen-bond donors (Lipinski definition) is 1. The van der Waals surface area contributed by atoms with E-state index in [1.807, 2.05) is 4.90 Å². The van der Waals surface area contributed by atoms with Crippen LogP contribution in [-0.4, -0.2) is 47.7 Å². The number of ether oxygens (including phenoxy) is 1. The van der Waals surface area contributed by atoms with E-state index in [2.05, 4.69) is 0 Å². The topological polar surface area (TPSA) is 66.8 Å². The highest BCUT2D eigenvalue weighted by Gasteiger charge is 2.39. The Labute approximate surface area is 114 Å². The molecule has 1 atom stereocenters. The molecule has 1 aromatic heterocycles. The molecule has 0 bridgehead atoms. The zero-order chi connectivity index (χ0) is 13.4. The minimum absolute atomic E-state index is 0.0577. The van der Waals surface area contributed by atoms with Gasteiger partial charge in [0.2, 0.25) is 0 Å². The summed E-state index contributed by atoms with van der Waals surface area (Å²) in [4.78, 5) is 25.9. The number of amides is 1. The van der Waals surface area contributed by atoms with Gasteiger partial charge in [0.25, 0.3) is 5.91 Å². The van der Waals surface area contributed by atoms with Crippen LogP contribution in [0.3, 0.4) is 0 Å². The molecular weight excluding hydrogens is 266 g/mol. The van der Waals surface area contributed by atoms with Crippen molar-refractivity contribution in [2.24, 2.45) is 5.92 Å². The third-order valence-electron chi connectivity index (χ3n) is 3.62. The maximum absolute atomic E-state index is 12.5. The van der Waals surface area contributed by atoms with Crippen molar-refractivity contribution >= 4 is 23.2 Å². The molecule has 1 saturated heterocycles. The molecule has 1 aromatic rings. The Morgan fingerprint density at radius 2 is 2.05 bits per heavy atom. The van der Waals surface area contributed by atoms with Gasteiger partial charge >= 0.3 is 5.97 Å². The lowest BCUT2D eigenvalue weighted by Gasteiger charge is -2.35. The van der Waals surface area contributed by atoms with E-state index in [1.165, 1.54) is 6.07 Å². The van der Waals surface area contributed by atoms with Crippen LogP contribution in [0.5, 0.6) is 0 Å². The van der Waals surface area contributed by atoms with Gasteiger partial charge in [-0.3, -0.25) is 4.79 Å². The predicted octanol–water partition coefficient (Wildman–Crippen LogP) is 1.70. The van der Waals surface area contributed by atoms with Gasteiger partial charge in [0.1, 0.15) is 4.88 Å². The summed E-state index contributed by atoms with van der Waals surface area (Å²) < 4.78 is 5.46. The number of carboxylic acid groups (broad SMARTS) is 1. The predicted molar refractivity (Wildman–Crippen MR) is 69.6 cm³/mol. The van der Waals surface area contributed by atoms with Crippen molar-refractivity contribution in [3.63, 3.8) is 0 Å². The van der Waals surface area contributed by atoms with Crippen molar-refractivity contribution in [2.75, 3.05) is 19.8 Å². The molecule has 1 N–H and O–H groups in total. The van der Waals surface area contributed by atoms with Crippen molar-refractivity contribution in [1.82, 2.24) is 4.90 Å². The number of aromatic carboxylic acids is 1. The average molecular weight is 281 g/mol. The molecular formula is C13H15NO4S. The molecule has 1 saturated carbocycles. The molecule has 102 valence electrons. The lowest BCUT2D eigenvalue weighted by Crippen LogP contribution is -2.49. The van der Waals surface area contributed by atoms with Crippen LogP contribution in [0.2, 0.25) is 0 Å². The number of carbonyl (C=O) groups is 2. The summed E-state index contributed by atoms with van der Waals surface area (Å²) in [6.45, 7) is 1.76. The van der Waals surface area contributed by atoms with E-state index < -0.39 is 5.97 Å². The van der Waals surface area contributed by atoms with Gasteiger partial charge < -0.3 is 14.7 Å². The molecule has 1 amide bonds. The molecule has 1 aliphatic heterocycles. The maximum atomic E-state index is 12.5. The standard InChI is InChI=1S/C13H15NO4S/c15-12(10-3-4-11(19-10)13(16)17)14-5-6-18-7-9(14)8-1-2-8/h3-4,8-9H,1-2,5-7H2,(H,16,17). The summed E-state index contributed by atoms with van der Waals surface area (Å²) in [6.07, 6.45) is 2.31. The maximum Gasteiger partial charge on any atom is 0.345 e. The number of rotatable bonds is 3. The first-order valence-electron chi connectivity index (χ1n) is 6.38. The normalized spacial score (nSPS) is 23.4. The van der Waals surface area contributed by atoms with Crippen LogP contribution >= 0.6 is 11.3 Å². The minimum Gasteiger partial charge on any atom is -0.477 e. The first-order chi connectivity index (χ1) is 9.16. The summed E-state index contributed by atoms with van der Waals surface area (Å²) in [6, 6.07) is 3.26. The third-order valence-corrected chi connectivity index (χ3v) is 4.68. The highest BCUT2D eigenvalue weighted by Crippen LogP contribution is 2.37. The average Bonchev–Trinajstić information content (AvgIpc) is 3.14. The van der Waals surface area contributed by atoms with Gasteiger partial charge in [0, 0.05) is 6.54 Å².